The maximum absolute atomic E-state index is 11.2. The van der Waals surface area contributed by atoms with Gasteiger partial charge in [0.1, 0.15) is 11.6 Å². The van der Waals surface area contributed by atoms with Crippen molar-refractivity contribution in [1.82, 2.24) is 0 Å². The molecule has 0 aliphatic heterocycles. The van der Waals surface area contributed by atoms with Gasteiger partial charge in [-0.15, -0.1) is 0 Å². The fourth-order valence-electron chi connectivity index (χ4n) is 0.982. The van der Waals surface area contributed by atoms with E-state index in [2.05, 4.69) is 0 Å². The lowest BCUT2D eigenvalue weighted by molar-refractivity contribution is -0.155. The number of rotatable bonds is 5. The van der Waals surface area contributed by atoms with Gasteiger partial charge in [-0.3, -0.25) is 9.59 Å². The first-order valence-corrected chi connectivity index (χ1v) is 4.92. The number of esters is 1. The SMILES string of the molecule is CC(C)(C)OC(=O)CCC[C@H](N)C(=O)O. The Morgan fingerprint density at radius 3 is 2.33 bits per heavy atom. The summed E-state index contributed by atoms with van der Waals surface area (Å²) in [4.78, 5) is 21.6. The number of carbonyl (C=O) groups excluding carboxylic acids is 1. The van der Waals surface area contributed by atoms with E-state index in [4.69, 9.17) is 15.6 Å². The third-order valence-electron chi connectivity index (χ3n) is 1.63. The van der Waals surface area contributed by atoms with Crippen molar-refractivity contribution >= 4 is 11.9 Å². The van der Waals surface area contributed by atoms with Gasteiger partial charge >= 0.3 is 11.9 Å². The molecular weight excluding hydrogens is 198 g/mol. The van der Waals surface area contributed by atoms with Crippen LogP contribution in [0.1, 0.15) is 40.0 Å². The van der Waals surface area contributed by atoms with E-state index in [-0.39, 0.29) is 18.8 Å². The van der Waals surface area contributed by atoms with Gasteiger partial charge in [0.2, 0.25) is 0 Å². The predicted molar refractivity (Wildman–Crippen MR) is 55.3 cm³/mol. The van der Waals surface area contributed by atoms with Gasteiger partial charge in [0, 0.05) is 6.42 Å². The second-order valence-electron chi connectivity index (χ2n) is 4.42. The molecule has 0 aromatic rings. The van der Waals surface area contributed by atoms with E-state index >= 15 is 0 Å². The van der Waals surface area contributed by atoms with Crippen molar-refractivity contribution in [2.75, 3.05) is 0 Å². The van der Waals surface area contributed by atoms with E-state index in [1.165, 1.54) is 0 Å². The minimum absolute atomic E-state index is 0.207. The lowest BCUT2D eigenvalue weighted by Crippen LogP contribution is -2.30. The van der Waals surface area contributed by atoms with Gasteiger partial charge in [0.05, 0.1) is 0 Å². The van der Waals surface area contributed by atoms with Gasteiger partial charge in [-0.25, -0.2) is 0 Å². The zero-order chi connectivity index (χ0) is 12.1. The maximum Gasteiger partial charge on any atom is 0.320 e. The third-order valence-corrected chi connectivity index (χ3v) is 1.63. The van der Waals surface area contributed by atoms with Crippen molar-refractivity contribution in [2.24, 2.45) is 5.73 Å². The molecule has 0 aromatic heterocycles. The molecule has 0 heterocycles. The first-order chi connectivity index (χ1) is 6.72. The first kappa shape index (κ1) is 13.9. The number of nitrogens with two attached hydrogens (primary N) is 1. The summed E-state index contributed by atoms with van der Waals surface area (Å²) in [6, 6.07) is -0.896. The predicted octanol–water partition coefficient (Wildman–Crippen LogP) is 0.910. The van der Waals surface area contributed by atoms with Crippen molar-refractivity contribution < 1.29 is 19.4 Å². The number of carbonyl (C=O) groups is 2. The molecule has 0 radical (unpaired) electrons. The fourth-order valence-corrected chi connectivity index (χ4v) is 0.982. The highest BCUT2D eigenvalue weighted by Crippen LogP contribution is 2.10. The van der Waals surface area contributed by atoms with Crippen LogP contribution in [0.5, 0.6) is 0 Å². The molecule has 0 fully saturated rings. The molecule has 0 spiro atoms. The van der Waals surface area contributed by atoms with Crippen LogP contribution in [0, 0.1) is 0 Å². The van der Waals surface area contributed by atoms with Gasteiger partial charge in [-0.05, 0) is 33.6 Å². The van der Waals surface area contributed by atoms with Gasteiger partial charge in [0.25, 0.3) is 0 Å². The topological polar surface area (TPSA) is 89.6 Å². The molecule has 0 unspecified atom stereocenters. The molecule has 0 aliphatic carbocycles. The second-order valence-corrected chi connectivity index (χ2v) is 4.42. The van der Waals surface area contributed by atoms with E-state index in [9.17, 15) is 9.59 Å². The molecular formula is C10H19NO4. The van der Waals surface area contributed by atoms with Crippen LogP contribution in [-0.4, -0.2) is 28.7 Å². The van der Waals surface area contributed by atoms with Crippen molar-refractivity contribution in [3.8, 4) is 0 Å². The highest BCUT2D eigenvalue weighted by molar-refractivity contribution is 5.73. The zero-order valence-corrected chi connectivity index (χ0v) is 9.45. The molecule has 0 saturated carbocycles. The Labute approximate surface area is 89.6 Å². The van der Waals surface area contributed by atoms with Crippen LogP contribution in [0.25, 0.3) is 0 Å². The third kappa shape index (κ3) is 7.93. The summed E-state index contributed by atoms with van der Waals surface area (Å²) in [7, 11) is 0. The first-order valence-electron chi connectivity index (χ1n) is 4.92. The molecule has 0 bridgehead atoms. The molecule has 5 heteroatoms. The van der Waals surface area contributed by atoms with Gasteiger partial charge in [-0.1, -0.05) is 0 Å². The molecule has 0 aromatic carbocycles. The minimum Gasteiger partial charge on any atom is -0.480 e. The lowest BCUT2D eigenvalue weighted by atomic mass is 10.1. The summed E-state index contributed by atoms with van der Waals surface area (Å²) < 4.78 is 5.05. The van der Waals surface area contributed by atoms with Crippen molar-refractivity contribution in [1.29, 1.82) is 0 Å². The highest BCUT2D eigenvalue weighted by Gasteiger charge is 2.17. The van der Waals surface area contributed by atoms with Crippen molar-refractivity contribution in [3.63, 3.8) is 0 Å². The highest BCUT2D eigenvalue weighted by atomic mass is 16.6. The Hall–Kier alpha value is -1.10. The molecule has 5 nitrogen and oxygen atoms in total. The number of aliphatic carboxylic acids is 1. The number of hydrogen-bond donors (Lipinski definition) is 2. The van der Waals surface area contributed by atoms with Gasteiger partial charge < -0.3 is 15.6 Å². The Morgan fingerprint density at radius 2 is 1.93 bits per heavy atom. The Kier molecular flexibility index (Phi) is 5.28. The van der Waals surface area contributed by atoms with Crippen LogP contribution < -0.4 is 5.73 Å². The summed E-state index contributed by atoms with van der Waals surface area (Å²) in [5.41, 5.74) is 4.78. The fraction of sp³-hybridized carbons (Fsp3) is 0.800. The van der Waals surface area contributed by atoms with Crippen LogP contribution >= 0.6 is 0 Å². The van der Waals surface area contributed by atoms with E-state index in [0.29, 0.717) is 6.42 Å². The summed E-state index contributed by atoms with van der Waals surface area (Å²) in [6.07, 6.45) is 0.926. The molecule has 15 heavy (non-hydrogen) atoms. The number of ether oxygens (including phenoxy) is 1. The average molecular weight is 217 g/mol. The largest absolute Gasteiger partial charge is 0.480 e. The minimum atomic E-state index is -1.04. The number of carboxylic acids is 1. The Morgan fingerprint density at radius 1 is 1.40 bits per heavy atom. The van der Waals surface area contributed by atoms with Crippen molar-refractivity contribution in [3.05, 3.63) is 0 Å². The molecule has 3 N–H and O–H groups in total. The molecule has 88 valence electrons. The molecule has 0 saturated heterocycles. The second kappa shape index (κ2) is 5.70. The Balaban J connectivity index is 3.69. The number of carboxylic acid groups (broad SMARTS) is 1. The van der Waals surface area contributed by atoms with E-state index in [1.54, 1.807) is 20.8 Å². The van der Waals surface area contributed by atoms with Crippen LogP contribution in [0.15, 0.2) is 0 Å². The van der Waals surface area contributed by atoms with E-state index in [0.717, 1.165) is 0 Å². The van der Waals surface area contributed by atoms with Crippen molar-refractivity contribution in [2.45, 2.75) is 51.7 Å². The smallest absolute Gasteiger partial charge is 0.320 e. The lowest BCUT2D eigenvalue weighted by Gasteiger charge is -2.19. The summed E-state index contributed by atoms with van der Waals surface area (Å²) in [5, 5.41) is 8.49. The standard InChI is InChI=1S/C10H19NO4/c1-10(2,3)15-8(12)6-4-5-7(11)9(13)14/h7H,4-6,11H2,1-3H3,(H,13,14)/t7-/m0/s1. The molecule has 0 amide bonds. The van der Waals surface area contributed by atoms with E-state index < -0.39 is 17.6 Å². The van der Waals surface area contributed by atoms with Crippen LogP contribution in [0.3, 0.4) is 0 Å². The number of hydrogen-bond acceptors (Lipinski definition) is 4. The molecule has 1 atom stereocenters. The quantitative estimate of drug-likeness (QED) is 0.668. The van der Waals surface area contributed by atoms with Crippen LogP contribution in [0.4, 0.5) is 0 Å². The molecule has 0 rings (SSSR count). The van der Waals surface area contributed by atoms with Crippen LogP contribution in [-0.2, 0) is 14.3 Å². The Bertz CT molecular complexity index is 232. The summed E-state index contributed by atoms with van der Waals surface area (Å²) in [6.45, 7) is 5.36. The van der Waals surface area contributed by atoms with Gasteiger partial charge in [-0.2, -0.15) is 0 Å². The van der Waals surface area contributed by atoms with E-state index in [1.807, 2.05) is 0 Å². The van der Waals surface area contributed by atoms with Gasteiger partial charge in [0.15, 0.2) is 0 Å². The summed E-state index contributed by atoms with van der Waals surface area (Å²) in [5.74, 6) is -1.36. The normalized spacial score (nSPS) is 13.3. The monoisotopic (exact) mass is 217 g/mol. The maximum atomic E-state index is 11.2. The zero-order valence-electron chi connectivity index (χ0n) is 9.45. The average Bonchev–Trinajstić information content (AvgIpc) is 2.00. The van der Waals surface area contributed by atoms with Crippen LogP contribution in [0.2, 0.25) is 0 Å². The molecule has 0 aliphatic rings. The summed E-state index contributed by atoms with van der Waals surface area (Å²) >= 11 is 0.